The second-order valence-corrected chi connectivity index (χ2v) is 6.53. The van der Waals surface area contributed by atoms with Crippen LogP contribution in [0.2, 0.25) is 0 Å². The largest absolute Gasteiger partial charge is 0.497 e. The predicted molar refractivity (Wildman–Crippen MR) is 107 cm³/mol. The van der Waals surface area contributed by atoms with Gasteiger partial charge in [0.1, 0.15) is 11.8 Å². The van der Waals surface area contributed by atoms with Crippen LogP contribution in [0.25, 0.3) is 0 Å². The van der Waals surface area contributed by atoms with Crippen LogP contribution in [0.3, 0.4) is 0 Å². The number of ether oxygens (including phenoxy) is 2. The first-order valence-corrected chi connectivity index (χ1v) is 9.02. The maximum atomic E-state index is 13.0. The minimum Gasteiger partial charge on any atom is -0.497 e. The number of anilines is 1. The number of para-hydroxylation sites is 2. The normalized spacial score (nSPS) is 18.1. The quantitative estimate of drug-likeness (QED) is 0.359. The van der Waals surface area contributed by atoms with Crippen LogP contribution in [0.5, 0.6) is 11.5 Å². The van der Waals surface area contributed by atoms with Crippen molar-refractivity contribution in [3.63, 3.8) is 0 Å². The minimum atomic E-state index is -0.861. The lowest BCUT2D eigenvalue weighted by molar-refractivity contribution is -0.386. The summed E-state index contributed by atoms with van der Waals surface area (Å²) in [6.07, 6.45) is -0.861. The molecule has 7 nitrogen and oxygen atoms in total. The van der Waals surface area contributed by atoms with Gasteiger partial charge in [-0.15, -0.1) is 0 Å². The minimum absolute atomic E-state index is 0.0752. The number of β-lactam (4-membered cyclic amide) rings is 1. The Hall–Kier alpha value is -3.87. The Balaban J connectivity index is 1.69. The number of nitro groups is 1. The summed E-state index contributed by atoms with van der Waals surface area (Å²) in [5.74, 6) is 0.499. The summed E-state index contributed by atoms with van der Waals surface area (Å²) >= 11 is 0. The summed E-state index contributed by atoms with van der Waals surface area (Å²) in [6, 6.07) is 22.3. The van der Waals surface area contributed by atoms with Gasteiger partial charge < -0.3 is 9.47 Å². The highest BCUT2D eigenvalue weighted by molar-refractivity contribution is 6.05. The zero-order valence-electron chi connectivity index (χ0n) is 15.6. The van der Waals surface area contributed by atoms with Crippen LogP contribution in [-0.4, -0.2) is 24.0 Å². The smallest absolute Gasteiger partial charge is 0.310 e. The van der Waals surface area contributed by atoms with E-state index in [9.17, 15) is 14.9 Å². The van der Waals surface area contributed by atoms with Crippen LogP contribution in [-0.2, 0) is 4.79 Å². The Morgan fingerprint density at radius 2 is 1.59 bits per heavy atom. The number of rotatable bonds is 6. The van der Waals surface area contributed by atoms with E-state index in [1.165, 1.54) is 12.1 Å². The maximum absolute atomic E-state index is 13.0. The molecule has 1 amide bonds. The standard InChI is InChI=1S/C22H18N2O5/c1-28-17-13-11-16(12-14-17)23-20(15-7-3-2-4-8-15)21(22(23)25)29-19-10-6-5-9-18(19)24(26)27/h2-14,20-21H,1H3/t20-,21+/m1/s1. The number of methoxy groups -OCH3 is 1. The third-order valence-electron chi connectivity index (χ3n) is 4.85. The molecule has 0 aliphatic carbocycles. The molecular formula is C22H18N2O5. The Morgan fingerprint density at radius 3 is 2.24 bits per heavy atom. The number of benzene rings is 3. The topological polar surface area (TPSA) is 81.9 Å². The molecule has 2 atom stereocenters. The van der Waals surface area contributed by atoms with E-state index in [4.69, 9.17) is 9.47 Å². The number of carbonyl (C=O) groups is 1. The van der Waals surface area contributed by atoms with Crippen molar-refractivity contribution in [2.45, 2.75) is 12.1 Å². The highest BCUT2D eigenvalue weighted by Gasteiger charge is 2.51. The fraction of sp³-hybridized carbons (Fsp3) is 0.136. The van der Waals surface area contributed by atoms with Crippen LogP contribution in [0.1, 0.15) is 11.6 Å². The summed E-state index contributed by atoms with van der Waals surface area (Å²) < 4.78 is 11.0. The van der Waals surface area contributed by atoms with Gasteiger partial charge in [-0.1, -0.05) is 42.5 Å². The van der Waals surface area contributed by atoms with E-state index >= 15 is 0 Å². The van der Waals surface area contributed by atoms with Crippen molar-refractivity contribution in [1.29, 1.82) is 0 Å². The molecule has 0 spiro atoms. The molecule has 1 fully saturated rings. The van der Waals surface area contributed by atoms with Gasteiger partial charge in [-0.2, -0.15) is 0 Å². The van der Waals surface area contributed by atoms with Crippen molar-refractivity contribution in [3.8, 4) is 11.5 Å². The number of carbonyl (C=O) groups excluding carboxylic acids is 1. The molecule has 0 aromatic heterocycles. The third-order valence-corrected chi connectivity index (χ3v) is 4.85. The molecule has 7 heteroatoms. The number of nitro benzene ring substituents is 1. The number of hydrogen-bond acceptors (Lipinski definition) is 5. The van der Waals surface area contributed by atoms with Gasteiger partial charge in [0.25, 0.3) is 5.91 Å². The monoisotopic (exact) mass is 390 g/mol. The molecule has 0 N–H and O–H groups in total. The van der Waals surface area contributed by atoms with E-state index in [0.29, 0.717) is 11.4 Å². The van der Waals surface area contributed by atoms with Gasteiger partial charge in [0, 0.05) is 11.8 Å². The second kappa shape index (κ2) is 7.63. The van der Waals surface area contributed by atoms with Crippen molar-refractivity contribution in [3.05, 3.63) is 94.5 Å². The van der Waals surface area contributed by atoms with Gasteiger partial charge in [0.15, 0.2) is 5.75 Å². The molecule has 146 valence electrons. The van der Waals surface area contributed by atoms with E-state index in [0.717, 1.165) is 5.56 Å². The molecule has 0 bridgehead atoms. The lowest BCUT2D eigenvalue weighted by atomic mass is 9.89. The Bertz CT molecular complexity index is 1040. The number of hydrogen-bond donors (Lipinski definition) is 0. The number of nitrogens with zero attached hydrogens (tertiary/aromatic N) is 2. The molecule has 3 aromatic rings. The molecule has 3 aromatic carbocycles. The Labute approximate surface area is 167 Å². The van der Waals surface area contributed by atoms with Crippen LogP contribution in [0.15, 0.2) is 78.9 Å². The second-order valence-electron chi connectivity index (χ2n) is 6.53. The average molecular weight is 390 g/mol. The summed E-state index contributed by atoms with van der Waals surface area (Å²) in [6.45, 7) is 0. The van der Waals surface area contributed by atoms with Crippen LogP contribution < -0.4 is 14.4 Å². The van der Waals surface area contributed by atoms with Gasteiger partial charge in [0.2, 0.25) is 6.10 Å². The van der Waals surface area contributed by atoms with Gasteiger partial charge in [-0.05, 0) is 35.9 Å². The van der Waals surface area contributed by atoms with E-state index in [2.05, 4.69) is 0 Å². The molecule has 1 heterocycles. The molecule has 1 saturated heterocycles. The van der Waals surface area contributed by atoms with Crippen LogP contribution >= 0.6 is 0 Å². The number of amides is 1. The summed E-state index contributed by atoms with van der Waals surface area (Å²) in [7, 11) is 1.58. The Morgan fingerprint density at radius 1 is 0.931 bits per heavy atom. The molecule has 1 aliphatic heterocycles. The highest BCUT2D eigenvalue weighted by atomic mass is 16.6. The summed E-state index contributed by atoms with van der Waals surface area (Å²) in [5, 5.41) is 11.3. The third kappa shape index (κ3) is 3.38. The first-order valence-electron chi connectivity index (χ1n) is 9.02. The molecule has 0 saturated carbocycles. The van der Waals surface area contributed by atoms with Gasteiger partial charge in [-0.3, -0.25) is 19.8 Å². The highest BCUT2D eigenvalue weighted by Crippen LogP contribution is 2.42. The van der Waals surface area contributed by atoms with Crippen LogP contribution in [0, 0.1) is 10.1 Å². The fourth-order valence-corrected chi connectivity index (χ4v) is 3.43. The average Bonchev–Trinajstić information content (AvgIpc) is 2.76. The fourth-order valence-electron chi connectivity index (χ4n) is 3.43. The lowest BCUT2D eigenvalue weighted by Crippen LogP contribution is -2.61. The maximum Gasteiger partial charge on any atom is 0.310 e. The van der Waals surface area contributed by atoms with Crippen molar-refractivity contribution in [2.24, 2.45) is 0 Å². The molecule has 1 aliphatic rings. The van der Waals surface area contributed by atoms with Crippen molar-refractivity contribution in [1.82, 2.24) is 0 Å². The van der Waals surface area contributed by atoms with Crippen LogP contribution in [0.4, 0.5) is 11.4 Å². The SMILES string of the molecule is COc1ccc(N2C(=O)[C@@H](Oc3ccccc3[N+](=O)[O-])[C@H]2c2ccccc2)cc1. The van der Waals surface area contributed by atoms with Gasteiger partial charge >= 0.3 is 5.69 Å². The molecule has 0 radical (unpaired) electrons. The van der Waals surface area contributed by atoms with Gasteiger partial charge in [-0.25, -0.2) is 0 Å². The Kier molecular flexibility index (Phi) is 4.87. The van der Waals surface area contributed by atoms with Crippen molar-refractivity contribution in [2.75, 3.05) is 12.0 Å². The van der Waals surface area contributed by atoms with E-state index < -0.39 is 17.1 Å². The van der Waals surface area contributed by atoms with E-state index in [-0.39, 0.29) is 17.3 Å². The van der Waals surface area contributed by atoms with E-state index in [1.54, 1.807) is 48.4 Å². The first-order chi connectivity index (χ1) is 14.1. The van der Waals surface area contributed by atoms with Crippen molar-refractivity contribution >= 4 is 17.3 Å². The van der Waals surface area contributed by atoms with E-state index in [1.807, 2.05) is 30.3 Å². The zero-order valence-corrected chi connectivity index (χ0v) is 15.6. The first kappa shape index (κ1) is 18.5. The van der Waals surface area contributed by atoms with Crippen molar-refractivity contribution < 1.29 is 19.2 Å². The zero-order chi connectivity index (χ0) is 20.4. The summed E-state index contributed by atoms with van der Waals surface area (Å²) in [4.78, 5) is 25.4. The predicted octanol–water partition coefficient (Wildman–Crippen LogP) is 4.14. The summed E-state index contributed by atoms with van der Waals surface area (Å²) in [5.41, 5.74) is 1.41. The molecule has 29 heavy (non-hydrogen) atoms. The van der Waals surface area contributed by atoms with Gasteiger partial charge in [0.05, 0.1) is 12.0 Å². The molecule has 0 unspecified atom stereocenters. The molecule has 4 rings (SSSR count). The molecular weight excluding hydrogens is 372 g/mol. The lowest BCUT2D eigenvalue weighted by Gasteiger charge is -2.46.